The Morgan fingerprint density at radius 1 is 0.722 bits per heavy atom. The van der Waals surface area contributed by atoms with Crippen LogP contribution in [-0.2, 0) is 57.9 Å². The van der Waals surface area contributed by atoms with Crippen molar-refractivity contribution in [3.63, 3.8) is 0 Å². The summed E-state index contributed by atoms with van der Waals surface area (Å²) in [5.74, 6) is -6.87. The summed E-state index contributed by atoms with van der Waals surface area (Å²) in [5, 5.41) is 30.6. The molecule has 4 heterocycles. The molecule has 4 amide bonds. The van der Waals surface area contributed by atoms with Gasteiger partial charge in [-0.3, -0.25) is 28.3 Å². The number of rotatable bonds is 14. The molecule has 4 aliphatic rings. The summed E-state index contributed by atoms with van der Waals surface area (Å²) in [6.07, 6.45) is 2.94. The number of thioether (sulfide) groups is 2. The minimum absolute atomic E-state index is 0. The van der Waals surface area contributed by atoms with Gasteiger partial charge in [0, 0.05) is 48.9 Å². The number of hydrogen-bond acceptors (Lipinski definition) is 16. The van der Waals surface area contributed by atoms with E-state index >= 15 is 0 Å². The van der Waals surface area contributed by atoms with Gasteiger partial charge in [0.15, 0.2) is 0 Å². The Morgan fingerprint density at radius 2 is 1.02 bits per heavy atom. The number of carbonyl (C=O) groups is 6. The zero-order valence-corrected chi connectivity index (χ0v) is 37.4. The molecule has 0 saturated carbocycles. The summed E-state index contributed by atoms with van der Waals surface area (Å²) >= 11 is 2.00. The molecule has 2 saturated heterocycles. The normalized spacial score (nSPS) is 22.4. The molecule has 0 unspecified atom stereocenters. The van der Waals surface area contributed by atoms with Crippen molar-refractivity contribution in [2.45, 2.75) is 77.7 Å². The molecule has 0 spiro atoms. The van der Waals surface area contributed by atoms with Crippen molar-refractivity contribution in [3.8, 4) is 0 Å². The standard InChI is InChI=1S/2C14H18N2O8S2.2Na/c2*1-7(17)15-4-5-25-9-6-8-10(14(2,3)24-26(21,22)23)12(18)16(8)11(9)13(19)20;;/h2*4-5,8,10H,6H2,1-3H3,(H,15,17)(H,19,20)(H,21,22,23);;/q;;2*+1/p-2/b2*5-4-;;/t2*8-,10+;;/m11../s1. The molecule has 54 heavy (non-hydrogen) atoms. The van der Waals surface area contributed by atoms with E-state index in [9.17, 15) is 55.8 Å². The summed E-state index contributed by atoms with van der Waals surface area (Å²) in [4.78, 5) is 72.0. The van der Waals surface area contributed by atoms with Crippen LogP contribution in [0, 0.1) is 11.8 Å². The maximum atomic E-state index is 12.4. The molecular weight excluding hydrogens is 823 g/mol. The Balaban J connectivity index is 0.000000521. The van der Waals surface area contributed by atoms with Crippen LogP contribution in [0.5, 0.6) is 0 Å². The molecule has 0 aliphatic carbocycles. The van der Waals surface area contributed by atoms with Gasteiger partial charge >= 0.3 is 79.9 Å². The number of fused-ring (bicyclic) bond motifs is 2. The summed E-state index contributed by atoms with van der Waals surface area (Å²) in [5.41, 5.74) is -3.71. The molecule has 4 aliphatic heterocycles. The number of amides is 4. The maximum Gasteiger partial charge on any atom is 1.00 e. The SMILES string of the molecule is CC(=O)N/C=C\SC1=C(C(=O)[O-])N2C(=O)[C@@H](C(C)(C)OS(=O)(=O)O)[C@H]2C1.CC(=O)N/C=C\SC1=C(C(=O)[O-])N2C(=O)[C@@H](C(C)(C)OS(=O)(=O)O)[C@H]2C1.[Na+].[Na+]. The Labute approximate surface area is 363 Å². The van der Waals surface area contributed by atoms with Crippen molar-refractivity contribution in [3.05, 3.63) is 44.4 Å². The predicted molar refractivity (Wildman–Crippen MR) is 176 cm³/mol. The topological polar surface area (TPSA) is 306 Å². The van der Waals surface area contributed by atoms with E-state index in [1.165, 1.54) is 64.8 Å². The number of carboxylic acids is 2. The van der Waals surface area contributed by atoms with Gasteiger partial charge in [-0.1, -0.05) is 23.5 Å². The van der Waals surface area contributed by atoms with E-state index in [0.717, 1.165) is 33.3 Å². The Hall–Kier alpha value is -1.78. The van der Waals surface area contributed by atoms with Crippen LogP contribution in [0.2, 0.25) is 0 Å². The van der Waals surface area contributed by atoms with Crippen molar-refractivity contribution in [1.82, 2.24) is 20.4 Å². The Kier molecular flexibility index (Phi) is 17.8. The summed E-state index contributed by atoms with van der Waals surface area (Å²) < 4.78 is 71.0. The molecule has 26 heteroatoms. The van der Waals surface area contributed by atoms with Crippen LogP contribution >= 0.6 is 23.5 Å². The first-order valence-corrected chi connectivity index (χ1v) is 19.3. The average Bonchev–Trinajstić information content (AvgIpc) is 3.43. The molecule has 288 valence electrons. The second kappa shape index (κ2) is 19.1. The summed E-state index contributed by atoms with van der Waals surface area (Å²) in [6.45, 7) is 7.90. The van der Waals surface area contributed by atoms with Gasteiger partial charge in [-0.25, -0.2) is 8.37 Å². The van der Waals surface area contributed by atoms with Gasteiger partial charge in [-0.15, -0.1) is 0 Å². The van der Waals surface area contributed by atoms with Gasteiger partial charge in [0.05, 0.1) is 58.5 Å². The molecule has 0 bridgehead atoms. The monoisotopic (exact) mass is 856 g/mol. The fourth-order valence-electron chi connectivity index (χ4n) is 6.24. The van der Waals surface area contributed by atoms with E-state index in [1.807, 2.05) is 0 Å². The summed E-state index contributed by atoms with van der Waals surface area (Å²) in [6, 6.07) is -1.27. The second-order valence-electron chi connectivity index (χ2n) is 12.5. The minimum atomic E-state index is -4.79. The van der Waals surface area contributed by atoms with Crippen molar-refractivity contribution in [1.29, 1.82) is 0 Å². The van der Waals surface area contributed by atoms with E-state index in [2.05, 4.69) is 19.0 Å². The van der Waals surface area contributed by atoms with Crippen LogP contribution < -0.4 is 80.0 Å². The third kappa shape index (κ3) is 12.1. The van der Waals surface area contributed by atoms with Gasteiger partial charge < -0.3 is 40.2 Å². The molecule has 4 atom stereocenters. The first kappa shape index (κ1) is 50.2. The molecule has 2 fully saturated rings. The van der Waals surface area contributed by atoms with Crippen LogP contribution in [0.15, 0.2) is 44.4 Å². The third-order valence-corrected chi connectivity index (χ3v) is 11.0. The Bertz CT molecular complexity index is 1780. The van der Waals surface area contributed by atoms with Crippen molar-refractivity contribution in [2.75, 3.05) is 0 Å². The third-order valence-electron chi connectivity index (χ3n) is 7.89. The van der Waals surface area contributed by atoms with E-state index in [-0.39, 0.29) is 95.2 Å². The van der Waals surface area contributed by atoms with E-state index in [1.54, 1.807) is 0 Å². The largest absolute Gasteiger partial charge is 1.00 e. The minimum Gasteiger partial charge on any atom is -0.543 e. The maximum absolute atomic E-state index is 12.4. The second-order valence-corrected chi connectivity index (χ2v) is 16.6. The number of nitrogens with one attached hydrogen (secondary N) is 2. The van der Waals surface area contributed by atoms with Gasteiger partial charge in [0.2, 0.25) is 23.6 Å². The van der Waals surface area contributed by atoms with Gasteiger partial charge in [-0.05, 0) is 38.5 Å². The molecule has 0 aromatic rings. The molecule has 0 radical (unpaired) electrons. The first-order chi connectivity index (χ1) is 23.7. The van der Waals surface area contributed by atoms with Crippen LogP contribution in [0.1, 0.15) is 54.4 Å². The molecular formula is C28H34N4Na2O16S4. The number of hydrogen-bond donors (Lipinski definition) is 4. The molecule has 4 rings (SSSR count). The van der Waals surface area contributed by atoms with E-state index < -0.39 is 79.7 Å². The molecule has 4 N–H and O–H groups in total. The molecule has 0 aromatic heterocycles. The number of carboxylic acid groups (broad SMARTS) is 2. The molecule has 0 aromatic carbocycles. The van der Waals surface area contributed by atoms with E-state index in [4.69, 9.17) is 9.11 Å². The van der Waals surface area contributed by atoms with Crippen molar-refractivity contribution >= 4 is 79.9 Å². The predicted octanol–water partition coefficient (Wildman–Crippen LogP) is -7.76. The smallest absolute Gasteiger partial charge is 0.543 e. The number of nitrogens with zero attached hydrogens (tertiary/aromatic N) is 2. The number of carbonyl (C=O) groups excluding carboxylic acids is 6. The van der Waals surface area contributed by atoms with Gasteiger partial charge in [0.1, 0.15) is 0 Å². The fraction of sp³-hybridized carbons (Fsp3) is 0.500. The number of aliphatic carboxylic acids is 2. The van der Waals surface area contributed by atoms with Crippen LogP contribution in [-0.4, -0.2) is 94.6 Å². The van der Waals surface area contributed by atoms with Gasteiger partial charge in [0.25, 0.3) is 0 Å². The fourth-order valence-corrected chi connectivity index (χ4v) is 9.25. The van der Waals surface area contributed by atoms with Crippen LogP contribution in [0.3, 0.4) is 0 Å². The average molecular weight is 857 g/mol. The zero-order chi connectivity index (χ0) is 39.7. The zero-order valence-electron chi connectivity index (χ0n) is 30.2. The van der Waals surface area contributed by atoms with E-state index in [0.29, 0.717) is 9.81 Å². The van der Waals surface area contributed by atoms with Crippen molar-refractivity contribution < 1.29 is 132 Å². The first-order valence-electron chi connectivity index (χ1n) is 14.8. The van der Waals surface area contributed by atoms with Crippen molar-refractivity contribution in [2.24, 2.45) is 11.8 Å². The molecule has 20 nitrogen and oxygen atoms in total. The quantitative estimate of drug-likeness (QED) is 0.0716. The van der Waals surface area contributed by atoms with Crippen LogP contribution in [0.25, 0.3) is 0 Å². The summed E-state index contributed by atoms with van der Waals surface area (Å²) in [7, 11) is -9.59. The van der Waals surface area contributed by atoms with Gasteiger partial charge in [-0.2, -0.15) is 16.8 Å². The Morgan fingerprint density at radius 3 is 1.26 bits per heavy atom. The van der Waals surface area contributed by atoms with Crippen LogP contribution in [0.4, 0.5) is 0 Å². The number of β-lactam (4-membered cyclic amide) rings is 2.